The number of hydrogen-bond donors (Lipinski definition) is 2. The molecule has 7 heteroatoms. The predicted molar refractivity (Wildman–Crippen MR) is 102 cm³/mol. The average molecular weight is 375 g/mol. The third kappa shape index (κ3) is 4.32. The van der Waals surface area contributed by atoms with Gasteiger partial charge in [-0.15, -0.1) is 0 Å². The summed E-state index contributed by atoms with van der Waals surface area (Å²) in [5, 5.41) is 7.33. The van der Waals surface area contributed by atoms with Crippen LogP contribution >= 0.6 is 23.2 Å². The fourth-order valence-electron chi connectivity index (χ4n) is 2.30. The molecule has 0 bridgehead atoms. The van der Waals surface area contributed by atoms with Crippen molar-refractivity contribution >= 4 is 40.5 Å². The maximum atomic E-state index is 6.19. The Bertz CT molecular complexity index is 873. The molecule has 0 amide bonds. The van der Waals surface area contributed by atoms with Gasteiger partial charge in [-0.05, 0) is 18.2 Å². The summed E-state index contributed by atoms with van der Waals surface area (Å²) in [4.78, 5) is 8.44. The summed E-state index contributed by atoms with van der Waals surface area (Å²) in [6.45, 7) is 0.582. The molecule has 0 atom stereocenters. The Labute approximate surface area is 156 Å². The van der Waals surface area contributed by atoms with E-state index in [9.17, 15) is 0 Å². The molecule has 2 aromatic carbocycles. The van der Waals surface area contributed by atoms with Crippen molar-refractivity contribution in [3.8, 4) is 5.75 Å². The van der Waals surface area contributed by atoms with Gasteiger partial charge in [-0.2, -0.15) is 0 Å². The zero-order valence-corrected chi connectivity index (χ0v) is 15.0. The molecule has 3 rings (SSSR count). The number of hydrogen-bond acceptors (Lipinski definition) is 5. The smallest absolute Gasteiger partial charge is 0.135 e. The lowest BCUT2D eigenvalue weighted by Gasteiger charge is -2.11. The highest BCUT2D eigenvalue weighted by molar-refractivity contribution is 6.43. The normalized spacial score (nSPS) is 10.4. The van der Waals surface area contributed by atoms with Crippen LogP contribution in [0.5, 0.6) is 5.75 Å². The number of para-hydroxylation sites is 1. The second-order valence-corrected chi connectivity index (χ2v) is 5.97. The number of ether oxygens (including phenoxy) is 1. The Morgan fingerprint density at radius 3 is 2.64 bits per heavy atom. The molecule has 0 spiro atoms. The standard InChI is InChI=1S/C18H16Cl2N4O/c1-25-15-8-3-2-5-12(15)10-21-16-9-17(23-11-22-16)24-14-7-4-6-13(19)18(14)20/h2-9,11H,10H2,1H3,(H2,21,22,23,24). The third-order valence-electron chi connectivity index (χ3n) is 3.53. The number of aromatic nitrogens is 2. The van der Waals surface area contributed by atoms with E-state index in [2.05, 4.69) is 20.6 Å². The molecule has 0 unspecified atom stereocenters. The summed E-state index contributed by atoms with van der Waals surface area (Å²) in [5.74, 6) is 2.12. The summed E-state index contributed by atoms with van der Waals surface area (Å²) >= 11 is 12.2. The molecule has 0 aliphatic rings. The minimum absolute atomic E-state index is 0.450. The van der Waals surface area contributed by atoms with E-state index in [0.29, 0.717) is 33.9 Å². The fourth-order valence-corrected chi connectivity index (χ4v) is 2.64. The van der Waals surface area contributed by atoms with E-state index in [0.717, 1.165) is 11.3 Å². The van der Waals surface area contributed by atoms with Gasteiger partial charge in [-0.25, -0.2) is 9.97 Å². The van der Waals surface area contributed by atoms with Gasteiger partial charge >= 0.3 is 0 Å². The van der Waals surface area contributed by atoms with Crippen LogP contribution in [0.2, 0.25) is 10.0 Å². The number of nitrogens with one attached hydrogen (secondary N) is 2. The number of methoxy groups -OCH3 is 1. The monoisotopic (exact) mass is 374 g/mol. The van der Waals surface area contributed by atoms with Crippen LogP contribution < -0.4 is 15.4 Å². The van der Waals surface area contributed by atoms with Crippen molar-refractivity contribution < 1.29 is 4.74 Å². The molecule has 0 saturated heterocycles. The number of halogens is 2. The molecule has 0 aliphatic carbocycles. The average Bonchev–Trinajstić information content (AvgIpc) is 2.64. The largest absolute Gasteiger partial charge is 0.496 e. The highest BCUT2D eigenvalue weighted by Gasteiger charge is 2.07. The Kier molecular flexibility index (Phi) is 5.58. The molecule has 0 fully saturated rings. The van der Waals surface area contributed by atoms with Gasteiger partial charge in [-0.3, -0.25) is 0 Å². The Morgan fingerprint density at radius 1 is 1.00 bits per heavy atom. The summed E-state index contributed by atoms with van der Waals surface area (Å²) in [5.41, 5.74) is 1.72. The molecule has 25 heavy (non-hydrogen) atoms. The van der Waals surface area contributed by atoms with E-state index in [1.807, 2.05) is 36.4 Å². The Balaban J connectivity index is 1.72. The first kappa shape index (κ1) is 17.3. The van der Waals surface area contributed by atoms with Crippen LogP contribution in [0.3, 0.4) is 0 Å². The molecule has 2 N–H and O–H groups in total. The summed E-state index contributed by atoms with van der Waals surface area (Å²) < 4.78 is 5.35. The zero-order valence-electron chi connectivity index (χ0n) is 13.5. The van der Waals surface area contributed by atoms with Gasteiger partial charge in [-0.1, -0.05) is 47.5 Å². The van der Waals surface area contributed by atoms with Gasteiger partial charge < -0.3 is 15.4 Å². The molecule has 1 heterocycles. The lowest BCUT2D eigenvalue weighted by Crippen LogP contribution is -2.04. The zero-order chi connectivity index (χ0) is 17.6. The summed E-state index contributed by atoms with van der Waals surface area (Å²) in [7, 11) is 1.65. The number of nitrogens with zero attached hydrogens (tertiary/aromatic N) is 2. The van der Waals surface area contributed by atoms with E-state index >= 15 is 0 Å². The van der Waals surface area contributed by atoms with Crippen molar-refractivity contribution in [1.82, 2.24) is 9.97 Å². The van der Waals surface area contributed by atoms with Gasteiger partial charge in [0.15, 0.2) is 0 Å². The van der Waals surface area contributed by atoms with Crippen LogP contribution in [0.1, 0.15) is 5.56 Å². The Hall–Kier alpha value is -2.50. The third-order valence-corrected chi connectivity index (χ3v) is 4.35. The molecule has 5 nitrogen and oxygen atoms in total. The van der Waals surface area contributed by atoms with E-state index in [1.165, 1.54) is 6.33 Å². The van der Waals surface area contributed by atoms with E-state index in [1.54, 1.807) is 19.2 Å². The van der Waals surface area contributed by atoms with Gasteiger partial charge in [0.25, 0.3) is 0 Å². The highest BCUT2D eigenvalue weighted by Crippen LogP contribution is 2.31. The van der Waals surface area contributed by atoms with E-state index in [4.69, 9.17) is 27.9 Å². The van der Waals surface area contributed by atoms with Gasteiger partial charge in [0.2, 0.25) is 0 Å². The van der Waals surface area contributed by atoms with E-state index in [-0.39, 0.29) is 0 Å². The number of anilines is 3. The minimum atomic E-state index is 0.450. The second-order valence-electron chi connectivity index (χ2n) is 5.18. The quantitative estimate of drug-likeness (QED) is 0.624. The van der Waals surface area contributed by atoms with Gasteiger partial charge in [0, 0.05) is 18.2 Å². The molecule has 0 radical (unpaired) electrons. The van der Waals surface area contributed by atoms with Crippen molar-refractivity contribution in [2.75, 3.05) is 17.7 Å². The first-order chi connectivity index (χ1) is 12.2. The highest BCUT2D eigenvalue weighted by atomic mass is 35.5. The van der Waals surface area contributed by atoms with E-state index < -0.39 is 0 Å². The topological polar surface area (TPSA) is 59.1 Å². The molecule has 3 aromatic rings. The maximum absolute atomic E-state index is 6.19. The molecule has 0 aliphatic heterocycles. The molecule has 1 aromatic heterocycles. The maximum Gasteiger partial charge on any atom is 0.135 e. The molecule has 0 saturated carbocycles. The van der Waals surface area contributed by atoms with Gasteiger partial charge in [0.05, 0.1) is 22.8 Å². The van der Waals surface area contributed by atoms with Crippen molar-refractivity contribution in [3.63, 3.8) is 0 Å². The Morgan fingerprint density at radius 2 is 1.80 bits per heavy atom. The van der Waals surface area contributed by atoms with Crippen LogP contribution in [-0.4, -0.2) is 17.1 Å². The van der Waals surface area contributed by atoms with Crippen molar-refractivity contribution in [1.29, 1.82) is 0 Å². The fraction of sp³-hybridized carbons (Fsp3) is 0.111. The van der Waals surface area contributed by atoms with Crippen molar-refractivity contribution in [2.24, 2.45) is 0 Å². The lowest BCUT2D eigenvalue weighted by atomic mass is 10.2. The van der Waals surface area contributed by atoms with Gasteiger partial charge in [0.1, 0.15) is 23.7 Å². The van der Waals surface area contributed by atoms with Crippen LogP contribution in [0.4, 0.5) is 17.3 Å². The molecular weight excluding hydrogens is 359 g/mol. The lowest BCUT2D eigenvalue weighted by molar-refractivity contribution is 0.410. The molecular formula is C18H16Cl2N4O. The second kappa shape index (κ2) is 8.05. The SMILES string of the molecule is COc1ccccc1CNc1cc(Nc2cccc(Cl)c2Cl)ncn1. The van der Waals surface area contributed by atoms with Crippen LogP contribution in [0.15, 0.2) is 54.9 Å². The predicted octanol–water partition coefficient (Wildman–Crippen LogP) is 5.15. The minimum Gasteiger partial charge on any atom is -0.496 e. The van der Waals surface area contributed by atoms with Crippen LogP contribution in [0, 0.1) is 0 Å². The number of rotatable bonds is 6. The van der Waals surface area contributed by atoms with Crippen LogP contribution in [0.25, 0.3) is 0 Å². The van der Waals surface area contributed by atoms with Crippen molar-refractivity contribution in [2.45, 2.75) is 6.54 Å². The summed E-state index contributed by atoms with van der Waals surface area (Å²) in [6, 6.07) is 15.0. The molecule has 128 valence electrons. The summed E-state index contributed by atoms with van der Waals surface area (Å²) in [6.07, 6.45) is 1.48. The first-order valence-electron chi connectivity index (χ1n) is 7.56. The van der Waals surface area contributed by atoms with Crippen LogP contribution in [-0.2, 0) is 6.54 Å². The number of benzene rings is 2. The van der Waals surface area contributed by atoms with Crippen molar-refractivity contribution in [3.05, 3.63) is 70.5 Å². The first-order valence-corrected chi connectivity index (χ1v) is 8.32.